The molecule has 1 aliphatic rings. The van der Waals surface area contributed by atoms with Gasteiger partial charge in [-0.05, 0) is 48.4 Å². The van der Waals surface area contributed by atoms with Crippen LogP contribution in [-0.4, -0.2) is 19.6 Å². The zero-order chi connectivity index (χ0) is 18.7. The molecule has 0 saturated carbocycles. The normalized spacial score (nSPS) is 14.6. The van der Waals surface area contributed by atoms with Crippen LogP contribution >= 0.6 is 23.2 Å². The third kappa shape index (κ3) is 3.57. The van der Waals surface area contributed by atoms with E-state index < -0.39 is 0 Å². The van der Waals surface area contributed by atoms with Crippen molar-refractivity contribution in [3.05, 3.63) is 63.3 Å². The lowest BCUT2D eigenvalue weighted by molar-refractivity contribution is -0.110. The SMILES string of the molecule is CCO/C=C\c1cc(Cl)c(Cl)c2c1/C(=C/c1ccc(OC)cc1)C(=O)N2. The monoisotopic (exact) mass is 389 g/mol. The molecule has 0 spiro atoms. The number of carbonyl (C=O) groups is 1. The van der Waals surface area contributed by atoms with Gasteiger partial charge in [-0.3, -0.25) is 4.79 Å². The largest absolute Gasteiger partial charge is 0.501 e. The fourth-order valence-corrected chi connectivity index (χ4v) is 3.11. The third-order valence-electron chi connectivity index (χ3n) is 3.94. The highest BCUT2D eigenvalue weighted by atomic mass is 35.5. The highest BCUT2D eigenvalue weighted by molar-refractivity contribution is 6.47. The first-order valence-electron chi connectivity index (χ1n) is 8.02. The molecule has 0 saturated heterocycles. The summed E-state index contributed by atoms with van der Waals surface area (Å²) >= 11 is 12.5. The second-order valence-corrected chi connectivity index (χ2v) is 6.34. The Morgan fingerprint density at radius 2 is 1.92 bits per heavy atom. The molecule has 1 N–H and O–H groups in total. The third-order valence-corrected chi connectivity index (χ3v) is 4.73. The highest BCUT2D eigenvalue weighted by Crippen LogP contribution is 2.44. The molecule has 3 rings (SSSR count). The molecule has 0 fully saturated rings. The van der Waals surface area contributed by atoms with Crippen LogP contribution in [0.3, 0.4) is 0 Å². The summed E-state index contributed by atoms with van der Waals surface area (Å²) in [4.78, 5) is 12.5. The average molecular weight is 390 g/mol. The number of methoxy groups -OCH3 is 1. The Bertz CT molecular complexity index is 902. The van der Waals surface area contributed by atoms with Crippen molar-refractivity contribution in [2.75, 3.05) is 19.0 Å². The number of hydrogen-bond donors (Lipinski definition) is 1. The van der Waals surface area contributed by atoms with E-state index in [4.69, 9.17) is 32.7 Å². The van der Waals surface area contributed by atoms with Crippen LogP contribution in [0, 0.1) is 0 Å². The van der Waals surface area contributed by atoms with Crippen LogP contribution in [0.5, 0.6) is 5.75 Å². The summed E-state index contributed by atoms with van der Waals surface area (Å²) in [6.45, 7) is 2.44. The summed E-state index contributed by atoms with van der Waals surface area (Å²) in [6.07, 6.45) is 5.16. The van der Waals surface area contributed by atoms with Crippen LogP contribution in [-0.2, 0) is 9.53 Å². The minimum Gasteiger partial charge on any atom is -0.501 e. The summed E-state index contributed by atoms with van der Waals surface area (Å²) in [5.41, 5.74) is 3.35. The van der Waals surface area contributed by atoms with E-state index in [1.54, 1.807) is 25.5 Å². The zero-order valence-corrected chi connectivity index (χ0v) is 15.8. The number of anilines is 1. The molecule has 1 amide bonds. The molecule has 1 aliphatic heterocycles. The summed E-state index contributed by atoms with van der Waals surface area (Å²) in [5.74, 6) is 0.518. The standard InChI is InChI=1S/C20H17Cl2NO3/c1-3-26-9-8-13-11-16(21)18(22)19-17(13)15(20(24)23-19)10-12-4-6-14(25-2)7-5-12/h4-11H,3H2,1-2H3,(H,23,24)/b9-8-,15-10-. The van der Waals surface area contributed by atoms with E-state index in [2.05, 4.69) is 5.32 Å². The first kappa shape index (κ1) is 18.4. The van der Waals surface area contributed by atoms with Crippen molar-refractivity contribution in [3.8, 4) is 5.75 Å². The second kappa shape index (κ2) is 7.85. The van der Waals surface area contributed by atoms with Crippen molar-refractivity contribution < 1.29 is 14.3 Å². The fraction of sp³-hybridized carbons (Fsp3) is 0.150. The molecule has 2 aromatic rings. The molecule has 0 bridgehead atoms. The van der Waals surface area contributed by atoms with E-state index in [0.717, 1.165) is 16.9 Å². The molecule has 4 nitrogen and oxygen atoms in total. The molecule has 2 aromatic carbocycles. The van der Waals surface area contributed by atoms with Gasteiger partial charge >= 0.3 is 0 Å². The molecule has 6 heteroatoms. The number of carbonyl (C=O) groups excluding carboxylic acids is 1. The van der Waals surface area contributed by atoms with Crippen LogP contribution in [0.25, 0.3) is 17.7 Å². The predicted molar refractivity (Wildman–Crippen MR) is 107 cm³/mol. The van der Waals surface area contributed by atoms with Gasteiger partial charge in [-0.15, -0.1) is 0 Å². The number of hydrogen-bond acceptors (Lipinski definition) is 3. The number of halogens is 2. The quantitative estimate of drug-likeness (QED) is 0.542. The Balaban J connectivity index is 2.11. The maximum absolute atomic E-state index is 12.5. The van der Waals surface area contributed by atoms with Crippen LogP contribution < -0.4 is 10.1 Å². The number of nitrogens with one attached hydrogen (secondary N) is 1. The maximum Gasteiger partial charge on any atom is 0.256 e. The van der Waals surface area contributed by atoms with Crippen molar-refractivity contribution in [1.29, 1.82) is 0 Å². The molecular formula is C20H17Cl2NO3. The Labute approximate surface area is 162 Å². The predicted octanol–water partition coefficient (Wildman–Crippen LogP) is 5.50. The number of ether oxygens (including phenoxy) is 2. The summed E-state index contributed by atoms with van der Waals surface area (Å²) in [6, 6.07) is 9.16. The Kier molecular flexibility index (Phi) is 5.55. The lowest BCUT2D eigenvalue weighted by Crippen LogP contribution is -2.03. The van der Waals surface area contributed by atoms with Crippen molar-refractivity contribution >= 4 is 52.5 Å². The first-order chi connectivity index (χ1) is 12.5. The molecule has 0 atom stereocenters. The van der Waals surface area contributed by atoms with Gasteiger partial charge in [0.1, 0.15) is 5.75 Å². The smallest absolute Gasteiger partial charge is 0.256 e. The summed E-state index contributed by atoms with van der Waals surface area (Å²) in [7, 11) is 1.61. The topological polar surface area (TPSA) is 47.6 Å². The zero-order valence-electron chi connectivity index (χ0n) is 14.3. The molecule has 0 aliphatic carbocycles. The van der Waals surface area contributed by atoms with E-state index in [-0.39, 0.29) is 5.91 Å². The van der Waals surface area contributed by atoms with E-state index in [1.807, 2.05) is 37.3 Å². The summed E-state index contributed by atoms with van der Waals surface area (Å²) in [5, 5.41) is 3.50. The molecule has 0 unspecified atom stereocenters. The number of fused-ring (bicyclic) bond motifs is 1. The molecule has 134 valence electrons. The molecule has 1 heterocycles. The van der Waals surface area contributed by atoms with Crippen molar-refractivity contribution in [2.24, 2.45) is 0 Å². The van der Waals surface area contributed by atoms with Crippen LogP contribution in [0.15, 0.2) is 36.6 Å². The fourth-order valence-electron chi connectivity index (χ4n) is 2.70. The second-order valence-electron chi connectivity index (χ2n) is 5.55. The lowest BCUT2D eigenvalue weighted by atomic mass is 9.98. The summed E-state index contributed by atoms with van der Waals surface area (Å²) < 4.78 is 10.4. The first-order valence-corrected chi connectivity index (χ1v) is 8.78. The number of rotatable bonds is 5. The van der Waals surface area contributed by atoms with Crippen molar-refractivity contribution in [1.82, 2.24) is 0 Å². The van der Waals surface area contributed by atoms with Crippen molar-refractivity contribution in [2.45, 2.75) is 6.92 Å². The van der Waals surface area contributed by atoms with E-state index in [9.17, 15) is 4.79 Å². The van der Waals surface area contributed by atoms with Gasteiger partial charge in [-0.1, -0.05) is 35.3 Å². The Morgan fingerprint density at radius 1 is 1.19 bits per heavy atom. The van der Waals surface area contributed by atoms with Gasteiger partial charge in [0.05, 0.1) is 41.3 Å². The van der Waals surface area contributed by atoms with Gasteiger partial charge in [0.15, 0.2) is 0 Å². The van der Waals surface area contributed by atoms with Crippen molar-refractivity contribution in [3.63, 3.8) is 0 Å². The van der Waals surface area contributed by atoms with Gasteiger partial charge < -0.3 is 14.8 Å². The minimum absolute atomic E-state index is 0.231. The van der Waals surface area contributed by atoms with Gasteiger partial charge in [0.2, 0.25) is 0 Å². The van der Waals surface area contributed by atoms with E-state index in [1.165, 1.54) is 0 Å². The highest BCUT2D eigenvalue weighted by Gasteiger charge is 2.30. The van der Waals surface area contributed by atoms with E-state index >= 15 is 0 Å². The van der Waals surface area contributed by atoms with Crippen LogP contribution in [0.2, 0.25) is 10.0 Å². The number of benzene rings is 2. The van der Waals surface area contributed by atoms with Gasteiger partial charge in [-0.2, -0.15) is 0 Å². The Morgan fingerprint density at radius 3 is 2.58 bits per heavy atom. The molecule has 0 radical (unpaired) electrons. The van der Waals surface area contributed by atoms with Crippen LogP contribution in [0.1, 0.15) is 23.6 Å². The van der Waals surface area contributed by atoms with Gasteiger partial charge in [0.25, 0.3) is 5.91 Å². The maximum atomic E-state index is 12.5. The lowest BCUT2D eigenvalue weighted by Gasteiger charge is -2.08. The van der Waals surface area contributed by atoms with E-state index in [0.29, 0.717) is 33.5 Å². The molecule has 0 aromatic heterocycles. The minimum atomic E-state index is -0.231. The number of amides is 1. The average Bonchev–Trinajstić information content (AvgIpc) is 2.97. The molecular weight excluding hydrogens is 373 g/mol. The van der Waals surface area contributed by atoms with Crippen LogP contribution in [0.4, 0.5) is 5.69 Å². The van der Waals surface area contributed by atoms with Gasteiger partial charge in [-0.25, -0.2) is 0 Å². The van der Waals surface area contributed by atoms with Gasteiger partial charge in [0, 0.05) is 5.56 Å². The molecule has 26 heavy (non-hydrogen) atoms. The Hall–Kier alpha value is -2.43.